The van der Waals surface area contributed by atoms with E-state index in [0.717, 1.165) is 0 Å². The van der Waals surface area contributed by atoms with Crippen LogP contribution in [0, 0.1) is 0 Å². The molecule has 0 spiro atoms. The number of hydrogen-bond acceptors (Lipinski definition) is 5. The number of benzene rings is 3. The second-order valence-electron chi connectivity index (χ2n) is 6.89. The van der Waals surface area contributed by atoms with E-state index in [1.54, 1.807) is 24.3 Å². The van der Waals surface area contributed by atoms with Crippen molar-refractivity contribution >= 4 is 22.9 Å². The van der Waals surface area contributed by atoms with E-state index in [2.05, 4.69) is 0 Å². The number of rotatable bonds is 5. The second-order valence-corrected chi connectivity index (χ2v) is 6.89. The highest BCUT2D eigenvalue weighted by Gasteiger charge is 2.20. The molecule has 30 heavy (non-hydrogen) atoms. The summed E-state index contributed by atoms with van der Waals surface area (Å²) in [6.07, 6.45) is -0.100. The zero-order valence-corrected chi connectivity index (χ0v) is 15.6. The zero-order valence-electron chi connectivity index (χ0n) is 15.6. The van der Waals surface area contributed by atoms with Gasteiger partial charge in [-0.2, -0.15) is 0 Å². The topological polar surface area (TPSA) is 125 Å². The van der Waals surface area contributed by atoms with E-state index in [4.69, 9.17) is 14.6 Å². The third-order valence-corrected chi connectivity index (χ3v) is 4.92. The molecule has 0 saturated carbocycles. The van der Waals surface area contributed by atoms with Crippen molar-refractivity contribution in [2.24, 2.45) is 0 Å². The minimum absolute atomic E-state index is 0.00167. The SMILES string of the molecule is O=C(O)CCc1cc2c(-c3ccc(C(=O)O)cc3)c3ccc(O)cc3oc-2cc1=O. The molecular formula is C23H16O7. The Hall–Kier alpha value is -4.13. The van der Waals surface area contributed by atoms with E-state index < -0.39 is 11.9 Å². The smallest absolute Gasteiger partial charge is 0.335 e. The molecule has 1 heterocycles. The Labute approximate surface area is 169 Å². The minimum atomic E-state index is -1.05. The number of hydrogen-bond donors (Lipinski definition) is 3. The molecule has 1 aliphatic carbocycles. The normalized spacial score (nSPS) is 11.1. The van der Waals surface area contributed by atoms with Gasteiger partial charge in [0.05, 0.1) is 5.56 Å². The molecule has 1 aliphatic heterocycles. The summed E-state index contributed by atoms with van der Waals surface area (Å²) < 4.78 is 5.84. The zero-order chi connectivity index (χ0) is 21.4. The van der Waals surface area contributed by atoms with Crippen LogP contribution >= 0.6 is 0 Å². The standard InChI is InChI=1S/C23H16O7/c24-15-6-7-16-19(10-15)30-20-11-18(25)14(5-8-21(26)27)9-17(20)22(16)12-1-3-13(4-2-12)23(28)29/h1-4,6-7,9-11,24H,5,8H2,(H,26,27)(H,28,29). The second kappa shape index (κ2) is 7.36. The number of carboxylic acids is 2. The third kappa shape index (κ3) is 3.48. The fourth-order valence-electron chi connectivity index (χ4n) is 3.48. The van der Waals surface area contributed by atoms with E-state index in [0.29, 0.717) is 33.2 Å². The predicted molar refractivity (Wildman–Crippen MR) is 109 cm³/mol. The van der Waals surface area contributed by atoms with Gasteiger partial charge in [-0.15, -0.1) is 0 Å². The van der Waals surface area contributed by atoms with Crippen molar-refractivity contribution in [3.63, 3.8) is 0 Å². The Morgan fingerprint density at radius 3 is 2.33 bits per heavy atom. The summed E-state index contributed by atoms with van der Waals surface area (Å²) >= 11 is 0. The maximum atomic E-state index is 12.4. The fraction of sp³-hybridized carbons (Fsp3) is 0.0870. The molecule has 0 bridgehead atoms. The van der Waals surface area contributed by atoms with Gasteiger partial charge in [0, 0.05) is 40.6 Å². The van der Waals surface area contributed by atoms with Crippen LogP contribution in [0.15, 0.2) is 63.8 Å². The van der Waals surface area contributed by atoms with Crippen LogP contribution in [0.3, 0.4) is 0 Å². The van der Waals surface area contributed by atoms with Crippen LogP contribution in [0.4, 0.5) is 0 Å². The Morgan fingerprint density at radius 1 is 0.933 bits per heavy atom. The quantitative estimate of drug-likeness (QED) is 0.430. The van der Waals surface area contributed by atoms with Gasteiger partial charge in [0.2, 0.25) is 0 Å². The predicted octanol–water partition coefficient (Wildman–Crippen LogP) is 3.99. The molecule has 0 radical (unpaired) electrons. The molecule has 150 valence electrons. The van der Waals surface area contributed by atoms with Crippen LogP contribution in [0.1, 0.15) is 22.3 Å². The molecule has 0 fully saturated rings. The number of aryl methyl sites for hydroxylation is 1. The molecule has 0 atom stereocenters. The van der Waals surface area contributed by atoms with Crippen LogP contribution in [0.2, 0.25) is 0 Å². The Bertz CT molecular complexity index is 1320. The molecular weight excluding hydrogens is 388 g/mol. The van der Waals surface area contributed by atoms with Crippen LogP contribution in [-0.4, -0.2) is 27.3 Å². The van der Waals surface area contributed by atoms with Crippen LogP contribution in [0.5, 0.6) is 5.75 Å². The summed E-state index contributed by atoms with van der Waals surface area (Å²) in [4.78, 5) is 34.6. The highest BCUT2D eigenvalue weighted by molar-refractivity contribution is 6.02. The number of carboxylic acid groups (broad SMARTS) is 2. The third-order valence-electron chi connectivity index (χ3n) is 4.92. The number of aliphatic carboxylic acids is 1. The van der Waals surface area contributed by atoms with Gasteiger partial charge < -0.3 is 19.7 Å². The van der Waals surface area contributed by atoms with Crippen LogP contribution in [-0.2, 0) is 11.2 Å². The summed E-state index contributed by atoms with van der Waals surface area (Å²) in [6.45, 7) is 0. The number of aromatic carboxylic acids is 1. The van der Waals surface area contributed by atoms with E-state index in [1.807, 2.05) is 0 Å². The molecule has 7 heteroatoms. The number of carbonyl (C=O) groups is 2. The largest absolute Gasteiger partial charge is 0.508 e. The molecule has 0 aromatic heterocycles. The maximum absolute atomic E-state index is 12.4. The van der Waals surface area contributed by atoms with E-state index in [-0.39, 0.29) is 35.3 Å². The first-order chi connectivity index (χ1) is 14.3. The summed E-state index contributed by atoms with van der Waals surface area (Å²) in [6, 6.07) is 13.8. The lowest BCUT2D eigenvalue weighted by atomic mass is 9.91. The monoisotopic (exact) mass is 404 g/mol. The molecule has 2 aliphatic rings. The fourth-order valence-corrected chi connectivity index (χ4v) is 3.48. The average Bonchev–Trinajstić information content (AvgIpc) is 2.70. The number of fused-ring (bicyclic) bond motifs is 2. The summed E-state index contributed by atoms with van der Waals surface area (Å²) in [5.74, 6) is -1.76. The molecule has 0 unspecified atom stereocenters. The van der Waals surface area contributed by atoms with Gasteiger partial charge in [0.25, 0.3) is 0 Å². The average molecular weight is 404 g/mol. The van der Waals surface area contributed by atoms with Crippen molar-refractivity contribution in [2.75, 3.05) is 0 Å². The van der Waals surface area contributed by atoms with Gasteiger partial charge in [-0.1, -0.05) is 12.1 Å². The van der Waals surface area contributed by atoms with Gasteiger partial charge in [-0.3, -0.25) is 9.59 Å². The lowest BCUT2D eigenvalue weighted by Gasteiger charge is -2.16. The van der Waals surface area contributed by atoms with E-state index >= 15 is 0 Å². The molecule has 4 rings (SSSR count). The van der Waals surface area contributed by atoms with Crippen molar-refractivity contribution in [1.29, 1.82) is 0 Å². The minimum Gasteiger partial charge on any atom is -0.508 e. The van der Waals surface area contributed by atoms with Crippen molar-refractivity contribution in [3.8, 4) is 28.2 Å². The highest BCUT2D eigenvalue weighted by atomic mass is 16.4. The number of aromatic hydroxyl groups is 1. The van der Waals surface area contributed by atoms with Crippen LogP contribution in [0.25, 0.3) is 33.4 Å². The van der Waals surface area contributed by atoms with E-state index in [1.165, 1.54) is 30.3 Å². The van der Waals surface area contributed by atoms with Gasteiger partial charge >= 0.3 is 11.9 Å². The van der Waals surface area contributed by atoms with Crippen molar-refractivity contribution < 1.29 is 29.3 Å². The molecule has 0 amide bonds. The number of phenols is 1. The maximum Gasteiger partial charge on any atom is 0.335 e. The van der Waals surface area contributed by atoms with Gasteiger partial charge in [-0.05, 0) is 42.3 Å². The van der Waals surface area contributed by atoms with Crippen molar-refractivity contribution in [3.05, 3.63) is 75.9 Å². The highest BCUT2D eigenvalue weighted by Crippen LogP contribution is 2.41. The van der Waals surface area contributed by atoms with Gasteiger partial charge in [-0.25, -0.2) is 4.79 Å². The lowest BCUT2D eigenvalue weighted by molar-refractivity contribution is -0.136. The first kappa shape index (κ1) is 19.2. The molecule has 3 N–H and O–H groups in total. The molecule has 7 nitrogen and oxygen atoms in total. The van der Waals surface area contributed by atoms with Crippen molar-refractivity contribution in [1.82, 2.24) is 0 Å². The summed E-state index contributed by atoms with van der Waals surface area (Å²) in [5, 5.41) is 28.6. The summed E-state index contributed by atoms with van der Waals surface area (Å²) in [5.41, 5.74) is 2.49. The van der Waals surface area contributed by atoms with E-state index in [9.17, 15) is 19.5 Å². The molecule has 2 aromatic carbocycles. The number of phenolic OH excluding ortho intramolecular Hbond substituents is 1. The summed E-state index contributed by atoms with van der Waals surface area (Å²) in [7, 11) is 0. The first-order valence-corrected chi connectivity index (χ1v) is 9.11. The lowest BCUT2D eigenvalue weighted by Crippen LogP contribution is -2.11. The van der Waals surface area contributed by atoms with Gasteiger partial charge in [0.1, 0.15) is 17.1 Å². The molecule has 2 aromatic rings. The Balaban J connectivity index is 2.02. The molecule has 0 saturated heterocycles. The van der Waals surface area contributed by atoms with Crippen molar-refractivity contribution in [2.45, 2.75) is 12.8 Å². The van der Waals surface area contributed by atoms with Gasteiger partial charge in [0.15, 0.2) is 5.43 Å². The Morgan fingerprint density at radius 2 is 1.67 bits per heavy atom. The Kier molecular flexibility index (Phi) is 4.71. The first-order valence-electron chi connectivity index (χ1n) is 9.11. The van der Waals surface area contributed by atoms with Crippen LogP contribution < -0.4 is 5.43 Å².